The molecule has 1 aromatic heterocycles. The van der Waals surface area contributed by atoms with Gasteiger partial charge in [-0.2, -0.15) is 0 Å². The molecule has 0 bridgehead atoms. The Bertz CT molecular complexity index is 657. The first-order chi connectivity index (χ1) is 9.38. The van der Waals surface area contributed by atoms with E-state index in [1.807, 2.05) is 65.4 Å². The summed E-state index contributed by atoms with van der Waals surface area (Å²) in [4.78, 5) is 4.42. The molecule has 0 saturated carbocycles. The highest BCUT2D eigenvalue weighted by atomic mass is 16.3. The van der Waals surface area contributed by atoms with Gasteiger partial charge in [-0.05, 0) is 17.7 Å². The molecule has 0 saturated heterocycles. The van der Waals surface area contributed by atoms with Gasteiger partial charge in [-0.15, -0.1) is 0 Å². The highest BCUT2D eigenvalue weighted by Gasteiger charge is 2.06. The van der Waals surface area contributed by atoms with Gasteiger partial charge in [0.2, 0.25) is 0 Å². The zero-order valence-corrected chi connectivity index (χ0v) is 10.4. The van der Waals surface area contributed by atoms with E-state index in [4.69, 9.17) is 5.11 Å². The molecular formula is C16H14N2O. The van der Waals surface area contributed by atoms with E-state index in [0.717, 1.165) is 22.6 Å². The van der Waals surface area contributed by atoms with Crippen LogP contribution in [0.25, 0.3) is 17.1 Å². The second-order valence-corrected chi connectivity index (χ2v) is 4.31. The summed E-state index contributed by atoms with van der Waals surface area (Å²) in [6.45, 7) is 0.0652. The standard InChI is InChI=1S/C16H14N2O/c19-12-13-6-8-15(9-7-13)18-11-10-17-16(18)14-4-2-1-3-5-14/h1-11,19H,12H2. The highest BCUT2D eigenvalue weighted by molar-refractivity contribution is 5.58. The Morgan fingerprint density at radius 1 is 0.947 bits per heavy atom. The Kier molecular flexibility index (Phi) is 3.12. The van der Waals surface area contributed by atoms with Gasteiger partial charge in [0.1, 0.15) is 5.82 Å². The molecule has 0 amide bonds. The molecule has 0 aliphatic heterocycles. The fourth-order valence-electron chi connectivity index (χ4n) is 2.07. The van der Waals surface area contributed by atoms with E-state index < -0.39 is 0 Å². The molecule has 1 heterocycles. The zero-order valence-electron chi connectivity index (χ0n) is 10.4. The van der Waals surface area contributed by atoms with Crippen LogP contribution in [0, 0.1) is 0 Å². The van der Waals surface area contributed by atoms with E-state index in [1.54, 1.807) is 6.20 Å². The number of benzene rings is 2. The molecule has 0 aliphatic rings. The molecule has 2 aromatic carbocycles. The first kappa shape index (κ1) is 11.7. The number of aliphatic hydroxyl groups is 1. The lowest BCUT2D eigenvalue weighted by molar-refractivity contribution is 0.282. The minimum absolute atomic E-state index is 0.0652. The Balaban J connectivity index is 2.04. The van der Waals surface area contributed by atoms with E-state index >= 15 is 0 Å². The zero-order chi connectivity index (χ0) is 13.1. The Labute approximate surface area is 111 Å². The summed E-state index contributed by atoms with van der Waals surface area (Å²) in [5.74, 6) is 0.914. The third-order valence-corrected chi connectivity index (χ3v) is 3.07. The van der Waals surface area contributed by atoms with Crippen molar-refractivity contribution in [3.05, 3.63) is 72.6 Å². The lowest BCUT2D eigenvalue weighted by Gasteiger charge is -2.08. The molecule has 0 spiro atoms. The van der Waals surface area contributed by atoms with E-state index in [9.17, 15) is 0 Å². The minimum Gasteiger partial charge on any atom is -0.392 e. The third-order valence-electron chi connectivity index (χ3n) is 3.07. The molecule has 3 heteroatoms. The predicted molar refractivity (Wildman–Crippen MR) is 74.9 cm³/mol. The van der Waals surface area contributed by atoms with Gasteiger partial charge >= 0.3 is 0 Å². The number of hydrogen-bond donors (Lipinski definition) is 1. The lowest BCUT2D eigenvalue weighted by atomic mass is 10.2. The molecular weight excluding hydrogens is 236 g/mol. The smallest absolute Gasteiger partial charge is 0.144 e. The Hall–Kier alpha value is -2.39. The van der Waals surface area contributed by atoms with E-state index in [2.05, 4.69) is 4.98 Å². The fourth-order valence-corrected chi connectivity index (χ4v) is 2.07. The van der Waals surface area contributed by atoms with Gasteiger partial charge in [-0.25, -0.2) is 4.98 Å². The number of hydrogen-bond acceptors (Lipinski definition) is 2. The average Bonchev–Trinajstić information content (AvgIpc) is 2.98. The van der Waals surface area contributed by atoms with Crippen LogP contribution in [0.15, 0.2) is 67.0 Å². The second kappa shape index (κ2) is 5.08. The summed E-state index contributed by atoms with van der Waals surface area (Å²) in [6.07, 6.45) is 3.73. The maximum Gasteiger partial charge on any atom is 0.144 e. The van der Waals surface area contributed by atoms with Crippen LogP contribution in [-0.4, -0.2) is 14.7 Å². The molecule has 0 fully saturated rings. The maximum absolute atomic E-state index is 9.07. The number of aliphatic hydroxyl groups excluding tert-OH is 1. The van der Waals surface area contributed by atoms with Crippen molar-refractivity contribution in [3.8, 4) is 17.1 Å². The van der Waals surface area contributed by atoms with Crippen LogP contribution >= 0.6 is 0 Å². The van der Waals surface area contributed by atoms with E-state index in [1.165, 1.54) is 0 Å². The van der Waals surface area contributed by atoms with Crippen molar-refractivity contribution in [1.29, 1.82) is 0 Å². The molecule has 1 N–H and O–H groups in total. The fraction of sp³-hybridized carbons (Fsp3) is 0.0625. The summed E-state index contributed by atoms with van der Waals surface area (Å²) in [5, 5.41) is 9.07. The van der Waals surface area contributed by atoms with Gasteiger partial charge in [-0.3, -0.25) is 4.57 Å². The Morgan fingerprint density at radius 3 is 2.37 bits per heavy atom. The van der Waals surface area contributed by atoms with Crippen molar-refractivity contribution < 1.29 is 5.11 Å². The number of imidazole rings is 1. The summed E-state index contributed by atoms with van der Waals surface area (Å²) in [5.41, 5.74) is 3.03. The average molecular weight is 250 g/mol. The van der Waals surface area contributed by atoms with Crippen LogP contribution in [-0.2, 0) is 6.61 Å². The van der Waals surface area contributed by atoms with Crippen LogP contribution in [0.2, 0.25) is 0 Å². The number of aromatic nitrogens is 2. The van der Waals surface area contributed by atoms with E-state index in [0.29, 0.717) is 0 Å². The predicted octanol–water partition coefficient (Wildman–Crippen LogP) is 3.03. The van der Waals surface area contributed by atoms with Gasteiger partial charge < -0.3 is 5.11 Å². The SMILES string of the molecule is OCc1ccc(-n2ccnc2-c2ccccc2)cc1. The van der Waals surface area contributed by atoms with Gasteiger partial charge in [-0.1, -0.05) is 42.5 Å². The van der Waals surface area contributed by atoms with Gasteiger partial charge in [0.25, 0.3) is 0 Å². The molecule has 19 heavy (non-hydrogen) atoms. The Morgan fingerprint density at radius 2 is 1.68 bits per heavy atom. The second-order valence-electron chi connectivity index (χ2n) is 4.31. The molecule has 0 unspecified atom stereocenters. The topological polar surface area (TPSA) is 38.0 Å². The summed E-state index contributed by atoms with van der Waals surface area (Å²) < 4.78 is 2.04. The first-order valence-electron chi connectivity index (χ1n) is 6.17. The largest absolute Gasteiger partial charge is 0.392 e. The van der Waals surface area contributed by atoms with Crippen LogP contribution in [0.1, 0.15) is 5.56 Å². The van der Waals surface area contributed by atoms with Crippen molar-refractivity contribution >= 4 is 0 Å². The number of rotatable bonds is 3. The molecule has 0 atom stereocenters. The quantitative estimate of drug-likeness (QED) is 0.776. The maximum atomic E-state index is 9.07. The van der Waals surface area contributed by atoms with Gasteiger partial charge in [0.05, 0.1) is 6.61 Å². The monoisotopic (exact) mass is 250 g/mol. The molecule has 0 aliphatic carbocycles. The van der Waals surface area contributed by atoms with Gasteiger partial charge in [0.15, 0.2) is 0 Å². The summed E-state index contributed by atoms with van der Waals surface area (Å²) in [7, 11) is 0. The number of nitrogens with zero attached hydrogens (tertiary/aromatic N) is 2. The van der Waals surface area contributed by atoms with E-state index in [-0.39, 0.29) is 6.61 Å². The first-order valence-corrected chi connectivity index (χ1v) is 6.17. The van der Waals surface area contributed by atoms with Crippen LogP contribution in [0.4, 0.5) is 0 Å². The van der Waals surface area contributed by atoms with Crippen molar-refractivity contribution in [2.45, 2.75) is 6.61 Å². The van der Waals surface area contributed by atoms with Gasteiger partial charge in [0, 0.05) is 23.6 Å². The molecule has 3 rings (SSSR count). The van der Waals surface area contributed by atoms with Crippen LogP contribution < -0.4 is 0 Å². The molecule has 0 radical (unpaired) electrons. The molecule has 94 valence electrons. The minimum atomic E-state index is 0.0652. The molecule has 3 aromatic rings. The van der Waals surface area contributed by atoms with Crippen molar-refractivity contribution in [2.75, 3.05) is 0 Å². The van der Waals surface area contributed by atoms with Crippen LogP contribution in [0.3, 0.4) is 0 Å². The summed E-state index contributed by atoms with van der Waals surface area (Å²) in [6, 6.07) is 17.9. The molecule has 3 nitrogen and oxygen atoms in total. The van der Waals surface area contributed by atoms with Crippen molar-refractivity contribution in [3.63, 3.8) is 0 Å². The van der Waals surface area contributed by atoms with Crippen molar-refractivity contribution in [2.24, 2.45) is 0 Å². The lowest BCUT2D eigenvalue weighted by Crippen LogP contribution is -1.96. The highest BCUT2D eigenvalue weighted by Crippen LogP contribution is 2.21. The third kappa shape index (κ3) is 2.28. The summed E-state index contributed by atoms with van der Waals surface area (Å²) >= 11 is 0. The van der Waals surface area contributed by atoms with Crippen LogP contribution in [0.5, 0.6) is 0 Å². The van der Waals surface area contributed by atoms with Crippen molar-refractivity contribution in [1.82, 2.24) is 9.55 Å². The normalized spacial score (nSPS) is 10.6.